The van der Waals surface area contributed by atoms with E-state index in [2.05, 4.69) is 0 Å². The SMILES string of the molecule is CCOC(=O)C1CCCN(C(=O)CCCOc2cccc(C)c2)C1. The molecule has 0 N–H and O–H groups in total. The van der Waals surface area contributed by atoms with Crippen LogP contribution in [0.2, 0.25) is 0 Å². The summed E-state index contributed by atoms with van der Waals surface area (Å²) in [6, 6.07) is 7.88. The lowest BCUT2D eigenvalue weighted by atomic mass is 9.98. The molecule has 2 rings (SSSR count). The van der Waals surface area contributed by atoms with Crippen molar-refractivity contribution in [3.63, 3.8) is 0 Å². The largest absolute Gasteiger partial charge is 0.494 e. The Bertz CT molecular complexity index is 558. The molecule has 1 aromatic carbocycles. The predicted octanol–water partition coefficient (Wildman–Crippen LogP) is 2.96. The summed E-state index contributed by atoms with van der Waals surface area (Å²) in [6.45, 7) is 5.94. The molecule has 0 spiro atoms. The number of likely N-dealkylation sites (tertiary alicyclic amines) is 1. The van der Waals surface area contributed by atoms with Crippen molar-refractivity contribution < 1.29 is 19.1 Å². The highest BCUT2D eigenvalue weighted by Gasteiger charge is 2.28. The van der Waals surface area contributed by atoms with Gasteiger partial charge in [-0.3, -0.25) is 9.59 Å². The van der Waals surface area contributed by atoms with Crippen molar-refractivity contribution in [3.05, 3.63) is 29.8 Å². The fraction of sp³-hybridized carbons (Fsp3) is 0.579. The number of rotatable bonds is 7. The highest BCUT2D eigenvalue weighted by Crippen LogP contribution is 2.19. The molecule has 1 aliphatic rings. The van der Waals surface area contributed by atoms with Gasteiger partial charge in [-0.15, -0.1) is 0 Å². The van der Waals surface area contributed by atoms with Gasteiger partial charge in [-0.1, -0.05) is 12.1 Å². The lowest BCUT2D eigenvalue weighted by molar-refractivity contribution is -0.151. The van der Waals surface area contributed by atoms with Crippen LogP contribution in [0, 0.1) is 12.8 Å². The Balaban J connectivity index is 1.71. The Morgan fingerprint density at radius 1 is 1.33 bits per heavy atom. The van der Waals surface area contributed by atoms with Crippen LogP contribution in [0.5, 0.6) is 5.75 Å². The Hall–Kier alpha value is -2.04. The number of carbonyl (C=O) groups excluding carboxylic acids is 2. The van der Waals surface area contributed by atoms with Gasteiger partial charge in [0, 0.05) is 19.5 Å². The van der Waals surface area contributed by atoms with E-state index in [9.17, 15) is 9.59 Å². The zero-order chi connectivity index (χ0) is 17.4. The summed E-state index contributed by atoms with van der Waals surface area (Å²) in [6.07, 6.45) is 2.78. The van der Waals surface area contributed by atoms with E-state index in [1.165, 1.54) is 0 Å². The molecule has 0 aliphatic carbocycles. The number of aryl methyl sites for hydroxylation is 1. The van der Waals surface area contributed by atoms with E-state index >= 15 is 0 Å². The zero-order valence-electron chi connectivity index (χ0n) is 14.6. The third-order valence-electron chi connectivity index (χ3n) is 4.19. The summed E-state index contributed by atoms with van der Waals surface area (Å²) in [4.78, 5) is 25.9. The third-order valence-corrected chi connectivity index (χ3v) is 4.19. The molecule has 0 bridgehead atoms. The van der Waals surface area contributed by atoms with Crippen molar-refractivity contribution in [2.45, 2.75) is 39.5 Å². The summed E-state index contributed by atoms with van der Waals surface area (Å²) in [5, 5.41) is 0. The number of hydrogen-bond acceptors (Lipinski definition) is 4. The number of amides is 1. The fourth-order valence-electron chi connectivity index (χ4n) is 2.93. The lowest BCUT2D eigenvalue weighted by Crippen LogP contribution is -2.42. The predicted molar refractivity (Wildman–Crippen MR) is 91.8 cm³/mol. The van der Waals surface area contributed by atoms with Gasteiger partial charge >= 0.3 is 5.97 Å². The summed E-state index contributed by atoms with van der Waals surface area (Å²) in [7, 11) is 0. The van der Waals surface area contributed by atoms with Crippen molar-refractivity contribution in [1.82, 2.24) is 4.90 Å². The van der Waals surface area contributed by atoms with Gasteiger partial charge in [0.25, 0.3) is 0 Å². The average molecular weight is 333 g/mol. The first kappa shape index (κ1) is 18.3. The van der Waals surface area contributed by atoms with E-state index in [0.29, 0.717) is 32.6 Å². The van der Waals surface area contributed by atoms with Crippen LogP contribution in [-0.2, 0) is 14.3 Å². The smallest absolute Gasteiger partial charge is 0.310 e. The molecule has 1 atom stereocenters. The molecule has 1 saturated heterocycles. The number of nitrogens with zero attached hydrogens (tertiary/aromatic N) is 1. The first-order valence-electron chi connectivity index (χ1n) is 8.74. The number of piperidine rings is 1. The Kier molecular flexibility index (Phi) is 7.09. The molecule has 0 radical (unpaired) electrons. The Morgan fingerprint density at radius 2 is 2.17 bits per heavy atom. The van der Waals surface area contributed by atoms with E-state index in [1.807, 2.05) is 31.2 Å². The molecule has 1 amide bonds. The van der Waals surface area contributed by atoms with Crippen LogP contribution in [-0.4, -0.2) is 43.1 Å². The molecule has 1 aliphatic heterocycles. The van der Waals surface area contributed by atoms with Gasteiger partial charge in [-0.25, -0.2) is 0 Å². The van der Waals surface area contributed by atoms with E-state index in [0.717, 1.165) is 30.7 Å². The first-order valence-corrected chi connectivity index (χ1v) is 8.74. The molecule has 1 fully saturated rings. The van der Waals surface area contributed by atoms with E-state index < -0.39 is 0 Å². The zero-order valence-corrected chi connectivity index (χ0v) is 14.6. The second-order valence-corrected chi connectivity index (χ2v) is 6.20. The van der Waals surface area contributed by atoms with Crippen LogP contribution in [0.4, 0.5) is 0 Å². The van der Waals surface area contributed by atoms with Gasteiger partial charge in [-0.05, 0) is 50.8 Å². The molecule has 1 heterocycles. The van der Waals surface area contributed by atoms with Gasteiger partial charge in [-0.2, -0.15) is 0 Å². The second-order valence-electron chi connectivity index (χ2n) is 6.20. The first-order chi connectivity index (χ1) is 11.6. The minimum Gasteiger partial charge on any atom is -0.494 e. The molecule has 24 heavy (non-hydrogen) atoms. The molecule has 1 aromatic rings. The van der Waals surface area contributed by atoms with Gasteiger partial charge in [0.15, 0.2) is 0 Å². The van der Waals surface area contributed by atoms with Gasteiger partial charge in [0.05, 0.1) is 19.1 Å². The molecule has 0 saturated carbocycles. The highest BCUT2D eigenvalue weighted by molar-refractivity contribution is 5.78. The van der Waals surface area contributed by atoms with E-state index in [-0.39, 0.29) is 17.8 Å². The Morgan fingerprint density at radius 3 is 2.92 bits per heavy atom. The van der Waals surface area contributed by atoms with Gasteiger partial charge in [0.2, 0.25) is 5.91 Å². The van der Waals surface area contributed by atoms with Crippen molar-refractivity contribution in [1.29, 1.82) is 0 Å². The number of ether oxygens (including phenoxy) is 2. The Labute approximate surface area is 143 Å². The monoisotopic (exact) mass is 333 g/mol. The maximum Gasteiger partial charge on any atom is 0.310 e. The van der Waals surface area contributed by atoms with E-state index in [1.54, 1.807) is 11.8 Å². The molecular weight excluding hydrogens is 306 g/mol. The van der Waals surface area contributed by atoms with Gasteiger partial charge in [0.1, 0.15) is 5.75 Å². The number of hydrogen-bond donors (Lipinski definition) is 0. The highest BCUT2D eigenvalue weighted by atomic mass is 16.5. The summed E-state index contributed by atoms with van der Waals surface area (Å²) < 4.78 is 10.7. The summed E-state index contributed by atoms with van der Waals surface area (Å²) in [5.74, 6) is 0.573. The van der Waals surface area contributed by atoms with Crippen LogP contribution in [0.25, 0.3) is 0 Å². The fourth-order valence-corrected chi connectivity index (χ4v) is 2.93. The van der Waals surface area contributed by atoms with Crippen LogP contribution in [0.3, 0.4) is 0 Å². The normalized spacial score (nSPS) is 17.4. The van der Waals surface area contributed by atoms with Crippen LogP contribution in [0.1, 0.15) is 38.2 Å². The van der Waals surface area contributed by atoms with Crippen molar-refractivity contribution in [3.8, 4) is 5.75 Å². The van der Waals surface area contributed by atoms with Crippen LogP contribution < -0.4 is 4.74 Å². The van der Waals surface area contributed by atoms with Crippen molar-refractivity contribution in [2.24, 2.45) is 5.92 Å². The third kappa shape index (κ3) is 5.55. The number of benzene rings is 1. The molecular formula is C19H27NO4. The maximum absolute atomic E-state index is 12.3. The van der Waals surface area contributed by atoms with Crippen LogP contribution >= 0.6 is 0 Å². The summed E-state index contributed by atoms with van der Waals surface area (Å²) >= 11 is 0. The quantitative estimate of drug-likeness (QED) is 0.569. The second kappa shape index (κ2) is 9.30. The molecule has 5 heteroatoms. The molecule has 1 unspecified atom stereocenters. The minimum atomic E-state index is -0.183. The standard InChI is InChI=1S/C19H27NO4/c1-3-23-19(22)16-8-5-11-20(14-16)18(21)10-6-12-24-17-9-4-7-15(2)13-17/h4,7,9,13,16H,3,5-6,8,10-12,14H2,1-2H3. The van der Waals surface area contributed by atoms with Crippen molar-refractivity contribution in [2.75, 3.05) is 26.3 Å². The minimum absolute atomic E-state index is 0.0943. The van der Waals surface area contributed by atoms with Crippen molar-refractivity contribution >= 4 is 11.9 Å². The molecule has 132 valence electrons. The number of esters is 1. The van der Waals surface area contributed by atoms with Gasteiger partial charge < -0.3 is 14.4 Å². The lowest BCUT2D eigenvalue weighted by Gasteiger charge is -2.31. The maximum atomic E-state index is 12.3. The molecule has 5 nitrogen and oxygen atoms in total. The number of carbonyl (C=O) groups is 2. The average Bonchev–Trinajstić information content (AvgIpc) is 2.59. The topological polar surface area (TPSA) is 55.8 Å². The van der Waals surface area contributed by atoms with Crippen LogP contribution in [0.15, 0.2) is 24.3 Å². The molecule has 0 aromatic heterocycles. The summed E-state index contributed by atoms with van der Waals surface area (Å²) in [5.41, 5.74) is 1.15. The van der Waals surface area contributed by atoms with E-state index in [4.69, 9.17) is 9.47 Å².